The highest BCUT2D eigenvalue weighted by molar-refractivity contribution is 8.13. The second kappa shape index (κ2) is 5.00. The Hall–Kier alpha value is -1.52. The van der Waals surface area contributed by atoms with Gasteiger partial charge in [-0.2, -0.15) is 0 Å². The summed E-state index contributed by atoms with van der Waals surface area (Å²) < 4.78 is 27.9. The topological polar surface area (TPSA) is 43.4 Å². The van der Waals surface area contributed by atoms with Crippen LogP contribution in [0.3, 0.4) is 0 Å². The van der Waals surface area contributed by atoms with Gasteiger partial charge in [0.15, 0.2) is 0 Å². The van der Waals surface area contributed by atoms with E-state index in [9.17, 15) is 8.42 Å². The highest BCUT2D eigenvalue weighted by atomic mass is 35.7. The lowest BCUT2D eigenvalue weighted by Crippen LogP contribution is -1.91. The number of ether oxygens (including phenoxy) is 1. The van der Waals surface area contributed by atoms with E-state index in [0.29, 0.717) is 11.5 Å². The van der Waals surface area contributed by atoms with Crippen molar-refractivity contribution in [2.24, 2.45) is 0 Å². The lowest BCUT2D eigenvalue weighted by molar-refractivity contribution is 0.480. The molecule has 0 radical (unpaired) electrons. The van der Waals surface area contributed by atoms with Crippen molar-refractivity contribution in [2.45, 2.75) is 11.8 Å². The van der Waals surface area contributed by atoms with Crippen LogP contribution in [0.4, 0.5) is 0 Å². The summed E-state index contributed by atoms with van der Waals surface area (Å²) in [5.41, 5.74) is 1.12. The Bertz CT molecular complexity index is 648. The van der Waals surface area contributed by atoms with Gasteiger partial charge in [-0.15, -0.1) is 0 Å². The van der Waals surface area contributed by atoms with E-state index < -0.39 is 9.05 Å². The molecule has 0 heterocycles. The van der Waals surface area contributed by atoms with Gasteiger partial charge >= 0.3 is 0 Å². The van der Waals surface area contributed by atoms with E-state index in [1.807, 2.05) is 31.2 Å². The first-order valence-corrected chi connectivity index (χ1v) is 7.55. The third-order valence-corrected chi connectivity index (χ3v) is 3.70. The molecule has 0 aromatic heterocycles. The summed E-state index contributed by atoms with van der Waals surface area (Å²) in [4.78, 5) is 0.0220. The van der Waals surface area contributed by atoms with E-state index in [1.165, 1.54) is 12.1 Å². The molecule has 0 spiro atoms. The standard InChI is InChI=1S/C13H11ClO3S/c1-10-5-7-11(8-6-10)17-12-3-2-4-13(9-12)18(14,15)16/h2-9H,1H3. The third kappa shape index (κ3) is 3.24. The van der Waals surface area contributed by atoms with Crippen LogP contribution in [0.25, 0.3) is 0 Å². The molecule has 0 aliphatic heterocycles. The van der Waals surface area contributed by atoms with Crippen LogP contribution >= 0.6 is 10.7 Å². The van der Waals surface area contributed by atoms with Gasteiger partial charge in [0.25, 0.3) is 9.05 Å². The van der Waals surface area contributed by atoms with Gasteiger partial charge < -0.3 is 4.74 Å². The van der Waals surface area contributed by atoms with E-state index >= 15 is 0 Å². The molecule has 0 aliphatic rings. The molecule has 0 aliphatic carbocycles. The van der Waals surface area contributed by atoms with Gasteiger partial charge in [-0.05, 0) is 31.2 Å². The molecule has 0 amide bonds. The maximum atomic E-state index is 11.2. The van der Waals surface area contributed by atoms with Crippen molar-refractivity contribution in [2.75, 3.05) is 0 Å². The van der Waals surface area contributed by atoms with Gasteiger partial charge in [0.2, 0.25) is 0 Å². The van der Waals surface area contributed by atoms with Crippen molar-refractivity contribution in [3.8, 4) is 11.5 Å². The summed E-state index contributed by atoms with van der Waals surface area (Å²) in [6.07, 6.45) is 0. The lowest BCUT2D eigenvalue weighted by atomic mass is 10.2. The second-order valence-corrected chi connectivity index (χ2v) is 6.39. The maximum Gasteiger partial charge on any atom is 0.261 e. The Morgan fingerprint density at radius 3 is 2.28 bits per heavy atom. The summed E-state index contributed by atoms with van der Waals surface area (Å²) in [5, 5.41) is 0. The quantitative estimate of drug-likeness (QED) is 0.806. The van der Waals surface area contributed by atoms with Gasteiger partial charge in [0.05, 0.1) is 4.90 Å². The molecular weight excluding hydrogens is 272 g/mol. The molecule has 0 N–H and O–H groups in total. The van der Waals surface area contributed by atoms with Crippen LogP contribution in [0.5, 0.6) is 11.5 Å². The molecule has 94 valence electrons. The van der Waals surface area contributed by atoms with Gasteiger partial charge in [-0.1, -0.05) is 23.8 Å². The monoisotopic (exact) mass is 282 g/mol. The van der Waals surface area contributed by atoms with Gasteiger partial charge in [-0.25, -0.2) is 8.42 Å². The molecule has 0 saturated heterocycles. The summed E-state index contributed by atoms with van der Waals surface area (Å²) in [6, 6.07) is 13.5. The molecule has 2 aromatic carbocycles. The van der Waals surface area contributed by atoms with E-state index in [0.717, 1.165) is 5.56 Å². The van der Waals surface area contributed by atoms with Crippen molar-refractivity contribution in [1.29, 1.82) is 0 Å². The minimum absolute atomic E-state index is 0.0220. The highest BCUT2D eigenvalue weighted by Crippen LogP contribution is 2.25. The fourth-order valence-electron chi connectivity index (χ4n) is 1.43. The van der Waals surface area contributed by atoms with Crippen LogP contribution in [0.2, 0.25) is 0 Å². The fourth-order valence-corrected chi connectivity index (χ4v) is 2.22. The largest absolute Gasteiger partial charge is 0.457 e. The maximum absolute atomic E-state index is 11.2. The van der Waals surface area contributed by atoms with E-state index in [-0.39, 0.29) is 4.90 Å². The Balaban J connectivity index is 2.27. The first kappa shape index (κ1) is 12.9. The lowest BCUT2D eigenvalue weighted by Gasteiger charge is -2.06. The molecule has 0 saturated carbocycles. The zero-order chi connectivity index (χ0) is 13.2. The SMILES string of the molecule is Cc1ccc(Oc2cccc(S(=O)(=O)Cl)c2)cc1. The molecule has 0 unspecified atom stereocenters. The van der Waals surface area contributed by atoms with Crippen molar-refractivity contribution >= 4 is 19.7 Å². The number of hydrogen-bond acceptors (Lipinski definition) is 3. The smallest absolute Gasteiger partial charge is 0.261 e. The number of aryl methyl sites for hydroxylation is 1. The first-order valence-electron chi connectivity index (χ1n) is 5.24. The van der Waals surface area contributed by atoms with Crippen molar-refractivity contribution < 1.29 is 13.2 Å². The van der Waals surface area contributed by atoms with Crippen LogP contribution in [-0.2, 0) is 9.05 Å². The zero-order valence-electron chi connectivity index (χ0n) is 9.63. The fraction of sp³-hybridized carbons (Fsp3) is 0.0769. The number of halogens is 1. The van der Waals surface area contributed by atoms with Crippen LogP contribution in [0.1, 0.15) is 5.56 Å². The zero-order valence-corrected chi connectivity index (χ0v) is 11.2. The van der Waals surface area contributed by atoms with E-state index in [2.05, 4.69) is 0 Å². The molecule has 3 nitrogen and oxygen atoms in total. The van der Waals surface area contributed by atoms with Crippen LogP contribution in [0, 0.1) is 6.92 Å². The molecule has 0 bridgehead atoms. The second-order valence-electron chi connectivity index (χ2n) is 3.83. The van der Waals surface area contributed by atoms with Crippen LogP contribution in [-0.4, -0.2) is 8.42 Å². The average Bonchev–Trinajstić information content (AvgIpc) is 2.31. The molecule has 5 heteroatoms. The summed E-state index contributed by atoms with van der Waals surface area (Å²) >= 11 is 0. The highest BCUT2D eigenvalue weighted by Gasteiger charge is 2.10. The van der Waals surface area contributed by atoms with Crippen LogP contribution < -0.4 is 4.74 Å². The third-order valence-electron chi connectivity index (χ3n) is 2.34. The number of benzene rings is 2. The number of rotatable bonds is 3. The number of hydrogen-bond donors (Lipinski definition) is 0. The summed E-state index contributed by atoms with van der Waals surface area (Å²) in [6.45, 7) is 1.98. The molecular formula is C13H11ClO3S. The average molecular weight is 283 g/mol. The van der Waals surface area contributed by atoms with E-state index in [4.69, 9.17) is 15.4 Å². The minimum atomic E-state index is -3.73. The molecule has 18 heavy (non-hydrogen) atoms. The molecule has 2 rings (SSSR count). The summed E-state index contributed by atoms with van der Waals surface area (Å²) in [7, 11) is 1.54. The van der Waals surface area contributed by atoms with E-state index in [1.54, 1.807) is 12.1 Å². The Labute approximate surface area is 110 Å². The predicted octanol–water partition coefficient (Wildman–Crippen LogP) is 3.71. The van der Waals surface area contributed by atoms with Crippen molar-refractivity contribution in [3.05, 3.63) is 54.1 Å². The van der Waals surface area contributed by atoms with Crippen molar-refractivity contribution in [3.63, 3.8) is 0 Å². The van der Waals surface area contributed by atoms with Gasteiger partial charge in [0, 0.05) is 16.7 Å². The predicted molar refractivity (Wildman–Crippen MR) is 70.7 cm³/mol. The normalized spacial score (nSPS) is 11.2. The molecule has 2 aromatic rings. The van der Waals surface area contributed by atoms with Crippen LogP contribution in [0.15, 0.2) is 53.4 Å². The van der Waals surface area contributed by atoms with Gasteiger partial charge in [-0.3, -0.25) is 0 Å². The molecule has 0 fully saturated rings. The molecule has 0 atom stereocenters. The Kier molecular flexibility index (Phi) is 3.59. The van der Waals surface area contributed by atoms with Crippen molar-refractivity contribution in [1.82, 2.24) is 0 Å². The minimum Gasteiger partial charge on any atom is -0.457 e. The Morgan fingerprint density at radius 1 is 1.00 bits per heavy atom. The Morgan fingerprint density at radius 2 is 1.67 bits per heavy atom. The first-order chi connectivity index (χ1) is 8.45. The summed E-state index contributed by atoms with van der Waals surface area (Å²) in [5.74, 6) is 1.07. The van der Waals surface area contributed by atoms with Gasteiger partial charge in [0.1, 0.15) is 11.5 Å².